The van der Waals surface area contributed by atoms with E-state index in [1.54, 1.807) is 36.4 Å². The van der Waals surface area contributed by atoms with Gasteiger partial charge < -0.3 is 5.73 Å². The first-order chi connectivity index (χ1) is 9.00. The Hall–Kier alpha value is -2.01. The molecule has 0 saturated heterocycles. The highest BCUT2D eigenvalue weighted by atomic mass is 32.2. The van der Waals surface area contributed by atoms with Crippen LogP contribution in [0.1, 0.15) is 5.56 Å². The van der Waals surface area contributed by atoms with Crippen LogP contribution >= 0.6 is 0 Å². The molecule has 5 heteroatoms. The fourth-order valence-corrected chi connectivity index (χ4v) is 3.08. The number of nitrogens with two attached hydrogens (primary N) is 1. The first-order valence-electron chi connectivity index (χ1n) is 5.86. The molecule has 100 valence electrons. The molecule has 0 unspecified atom stereocenters. The molecule has 0 aliphatic carbocycles. The molecule has 0 spiro atoms. The summed E-state index contributed by atoms with van der Waals surface area (Å²) in [6, 6.07) is 16.0. The molecule has 0 fully saturated rings. The van der Waals surface area contributed by atoms with Gasteiger partial charge in [0.05, 0.1) is 17.1 Å². The second kappa shape index (κ2) is 5.32. The molecular formula is C14H16N2O2S. The average molecular weight is 276 g/mol. The zero-order valence-electron chi connectivity index (χ0n) is 10.7. The summed E-state index contributed by atoms with van der Waals surface area (Å²) in [5.41, 5.74) is 7.50. The van der Waals surface area contributed by atoms with Crippen molar-refractivity contribution in [2.24, 2.45) is 0 Å². The van der Waals surface area contributed by atoms with Crippen molar-refractivity contribution in [1.82, 2.24) is 0 Å². The van der Waals surface area contributed by atoms with Crippen molar-refractivity contribution in [3.63, 3.8) is 0 Å². The molecule has 2 rings (SSSR count). The zero-order chi connectivity index (χ0) is 13.9. The Balaban J connectivity index is 2.28. The lowest BCUT2D eigenvalue weighted by Gasteiger charge is -2.21. The molecule has 4 nitrogen and oxygen atoms in total. The minimum Gasteiger partial charge on any atom is -0.397 e. The third kappa shape index (κ3) is 3.06. The summed E-state index contributed by atoms with van der Waals surface area (Å²) in [7, 11) is -1.92. The van der Waals surface area contributed by atoms with Crippen LogP contribution in [0.5, 0.6) is 0 Å². The third-order valence-corrected chi connectivity index (χ3v) is 4.61. The van der Waals surface area contributed by atoms with Crippen LogP contribution in [0.3, 0.4) is 0 Å². The Kier molecular flexibility index (Phi) is 3.76. The van der Waals surface area contributed by atoms with Crippen molar-refractivity contribution in [2.45, 2.75) is 5.75 Å². The van der Waals surface area contributed by atoms with Crippen molar-refractivity contribution in [3.8, 4) is 0 Å². The summed E-state index contributed by atoms with van der Waals surface area (Å²) in [6.45, 7) is 0. The predicted octanol–water partition coefficient (Wildman–Crippen LogP) is 2.24. The first kappa shape index (κ1) is 13.4. The zero-order valence-corrected chi connectivity index (χ0v) is 11.5. The molecule has 2 N–H and O–H groups in total. The standard InChI is InChI=1S/C14H16N2O2S/c1-16(14-10-6-5-9-13(14)15)19(17,18)11-12-7-3-2-4-8-12/h2-10H,11,15H2,1H3. The van der Waals surface area contributed by atoms with E-state index in [9.17, 15) is 8.42 Å². The number of para-hydroxylation sites is 2. The van der Waals surface area contributed by atoms with Gasteiger partial charge in [-0.25, -0.2) is 8.42 Å². The van der Waals surface area contributed by atoms with E-state index in [1.807, 2.05) is 18.2 Å². The lowest BCUT2D eigenvalue weighted by Crippen LogP contribution is -2.28. The second-order valence-electron chi connectivity index (χ2n) is 4.27. The number of sulfonamides is 1. The lowest BCUT2D eigenvalue weighted by atomic mass is 10.2. The summed E-state index contributed by atoms with van der Waals surface area (Å²) >= 11 is 0. The van der Waals surface area contributed by atoms with Crippen LogP contribution in [-0.2, 0) is 15.8 Å². The summed E-state index contributed by atoms with van der Waals surface area (Å²) in [6.07, 6.45) is 0. The van der Waals surface area contributed by atoms with E-state index in [1.165, 1.54) is 11.4 Å². The quantitative estimate of drug-likeness (QED) is 0.871. The van der Waals surface area contributed by atoms with Gasteiger partial charge >= 0.3 is 0 Å². The Labute approximate surface area is 113 Å². The molecule has 0 atom stereocenters. The summed E-state index contributed by atoms with van der Waals surface area (Å²) in [5.74, 6) is -0.0430. The number of hydrogen-bond acceptors (Lipinski definition) is 3. The van der Waals surface area contributed by atoms with E-state index in [0.29, 0.717) is 11.4 Å². The van der Waals surface area contributed by atoms with Gasteiger partial charge in [0, 0.05) is 7.05 Å². The van der Waals surface area contributed by atoms with Gasteiger partial charge in [-0.3, -0.25) is 4.31 Å². The fraction of sp³-hybridized carbons (Fsp3) is 0.143. The lowest BCUT2D eigenvalue weighted by molar-refractivity contribution is 0.593. The van der Waals surface area contributed by atoms with Gasteiger partial charge in [0.2, 0.25) is 10.0 Å². The third-order valence-electron chi connectivity index (χ3n) is 2.89. The smallest absolute Gasteiger partial charge is 0.239 e. The van der Waals surface area contributed by atoms with E-state index >= 15 is 0 Å². The van der Waals surface area contributed by atoms with Gasteiger partial charge in [-0.15, -0.1) is 0 Å². The number of rotatable bonds is 4. The van der Waals surface area contributed by atoms with Crippen LogP contribution in [0.2, 0.25) is 0 Å². The first-order valence-corrected chi connectivity index (χ1v) is 7.46. The molecule has 0 amide bonds. The Morgan fingerprint density at radius 1 is 1.00 bits per heavy atom. The summed E-state index contributed by atoms with van der Waals surface area (Å²) in [5, 5.41) is 0. The maximum absolute atomic E-state index is 12.3. The van der Waals surface area contributed by atoms with Crippen LogP contribution in [0.25, 0.3) is 0 Å². The molecule has 19 heavy (non-hydrogen) atoms. The van der Waals surface area contributed by atoms with Crippen molar-refractivity contribution in [3.05, 3.63) is 60.2 Å². The molecule has 2 aromatic carbocycles. The second-order valence-corrected chi connectivity index (χ2v) is 6.27. The van der Waals surface area contributed by atoms with Crippen LogP contribution < -0.4 is 10.0 Å². The van der Waals surface area contributed by atoms with Gasteiger partial charge in [-0.05, 0) is 17.7 Å². The number of anilines is 2. The molecule has 0 heterocycles. The molecule has 0 saturated carbocycles. The Morgan fingerprint density at radius 2 is 1.58 bits per heavy atom. The molecule has 0 bridgehead atoms. The van der Waals surface area contributed by atoms with Gasteiger partial charge in [-0.2, -0.15) is 0 Å². The fourth-order valence-electron chi connectivity index (χ4n) is 1.81. The van der Waals surface area contributed by atoms with Crippen molar-refractivity contribution in [1.29, 1.82) is 0 Å². The highest BCUT2D eigenvalue weighted by Gasteiger charge is 2.20. The Morgan fingerprint density at radius 3 is 2.21 bits per heavy atom. The number of hydrogen-bond donors (Lipinski definition) is 1. The molecule has 0 radical (unpaired) electrons. The van der Waals surface area contributed by atoms with Crippen molar-refractivity contribution in [2.75, 3.05) is 17.1 Å². The molecule has 2 aromatic rings. The van der Waals surface area contributed by atoms with Crippen molar-refractivity contribution < 1.29 is 8.42 Å². The topological polar surface area (TPSA) is 63.4 Å². The maximum atomic E-state index is 12.3. The Bertz CT molecular complexity index is 654. The highest BCUT2D eigenvalue weighted by Crippen LogP contribution is 2.24. The van der Waals surface area contributed by atoms with E-state index in [-0.39, 0.29) is 5.75 Å². The molecule has 0 aliphatic heterocycles. The normalized spacial score (nSPS) is 11.2. The van der Waals surface area contributed by atoms with Gasteiger partial charge in [-0.1, -0.05) is 42.5 Å². The van der Waals surface area contributed by atoms with Crippen LogP contribution in [0, 0.1) is 0 Å². The van der Waals surface area contributed by atoms with Crippen LogP contribution in [-0.4, -0.2) is 15.5 Å². The average Bonchev–Trinajstić information content (AvgIpc) is 2.39. The van der Waals surface area contributed by atoms with E-state index in [4.69, 9.17) is 5.73 Å². The summed E-state index contributed by atoms with van der Waals surface area (Å²) < 4.78 is 25.9. The number of benzene rings is 2. The van der Waals surface area contributed by atoms with E-state index < -0.39 is 10.0 Å². The number of nitrogen functional groups attached to an aromatic ring is 1. The predicted molar refractivity (Wildman–Crippen MR) is 78.3 cm³/mol. The largest absolute Gasteiger partial charge is 0.397 e. The van der Waals surface area contributed by atoms with Gasteiger partial charge in [0.25, 0.3) is 0 Å². The minimum atomic E-state index is -3.44. The SMILES string of the molecule is CN(c1ccccc1N)S(=O)(=O)Cc1ccccc1. The van der Waals surface area contributed by atoms with E-state index in [2.05, 4.69) is 0 Å². The van der Waals surface area contributed by atoms with Crippen molar-refractivity contribution >= 4 is 21.4 Å². The minimum absolute atomic E-state index is 0.0430. The molecule has 0 aliphatic rings. The monoisotopic (exact) mass is 276 g/mol. The highest BCUT2D eigenvalue weighted by molar-refractivity contribution is 7.92. The molecule has 0 aromatic heterocycles. The maximum Gasteiger partial charge on any atom is 0.239 e. The van der Waals surface area contributed by atoms with Gasteiger partial charge in [0.15, 0.2) is 0 Å². The van der Waals surface area contributed by atoms with Crippen LogP contribution in [0.15, 0.2) is 54.6 Å². The van der Waals surface area contributed by atoms with Crippen LogP contribution in [0.4, 0.5) is 11.4 Å². The van der Waals surface area contributed by atoms with E-state index in [0.717, 1.165) is 5.56 Å². The van der Waals surface area contributed by atoms with Gasteiger partial charge in [0.1, 0.15) is 0 Å². The molecular weight excluding hydrogens is 260 g/mol. The summed E-state index contributed by atoms with van der Waals surface area (Å²) in [4.78, 5) is 0. The number of nitrogens with zero attached hydrogens (tertiary/aromatic N) is 1.